The first-order chi connectivity index (χ1) is 8.78. The van der Waals surface area contributed by atoms with Crippen LogP contribution >= 0.6 is 0 Å². The van der Waals surface area contributed by atoms with Crippen LogP contribution in [0.5, 0.6) is 11.5 Å². The number of aryl methyl sites for hydroxylation is 1. The molecule has 0 N–H and O–H groups in total. The van der Waals surface area contributed by atoms with Gasteiger partial charge in [0, 0.05) is 12.3 Å². The Labute approximate surface area is 106 Å². The number of hydrogen-bond donors (Lipinski definition) is 0. The van der Waals surface area contributed by atoms with Gasteiger partial charge in [0.2, 0.25) is 0 Å². The van der Waals surface area contributed by atoms with Crippen LogP contribution in [0.4, 0.5) is 0 Å². The maximum absolute atomic E-state index is 5.78. The molecule has 0 fully saturated rings. The summed E-state index contributed by atoms with van der Waals surface area (Å²) in [6, 6.07) is 5.92. The van der Waals surface area contributed by atoms with E-state index in [0.717, 1.165) is 35.1 Å². The Kier molecular flexibility index (Phi) is 2.70. The molecule has 0 spiro atoms. The SMILES string of the molecule is CCOc1ccc2c(c1)OCCn1cc(C)nc1-2. The topological polar surface area (TPSA) is 36.3 Å². The van der Waals surface area contributed by atoms with E-state index >= 15 is 0 Å². The molecule has 18 heavy (non-hydrogen) atoms. The second-order valence-corrected chi connectivity index (χ2v) is 4.34. The molecule has 2 heterocycles. The van der Waals surface area contributed by atoms with Crippen LogP contribution in [0, 0.1) is 6.92 Å². The molecule has 0 saturated carbocycles. The van der Waals surface area contributed by atoms with Crippen LogP contribution in [0.2, 0.25) is 0 Å². The number of rotatable bonds is 2. The zero-order chi connectivity index (χ0) is 12.5. The Morgan fingerprint density at radius 2 is 2.33 bits per heavy atom. The lowest BCUT2D eigenvalue weighted by atomic mass is 10.2. The van der Waals surface area contributed by atoms with E-state index in [9.17, 15) is 0 Å². The van der Waals surface area contributed by atoms with Crippen molar-refractivity contribution in [1.82, 2.24) is 9.55 Å². The van der Waals surface area contributed by atoms with Gasteiger partial charge in [-0.25, -0.2) is 4.98 Å². The fourth-order valence-electron chi connectivity index (χ4n) is 2.25. The standard InChI is InChI=1S/C14H16N2O2/c1-3-17-11-4-5-12-13(8-11)18-7-6-16-9-10(2)15-14(12)16/h4-5,8-9H,3,6-7H2,1-2H3. The maximum Gasteiger partial charge on any atom is 0.144 e. The second kappa shape index (κ2) is 4.37. The van der Waals surface area contributed by atoms with Gasteiger partial charge in [-0.05, 0) is 26.0 Å². The summed E-state index contributed by atoms with van der Waals surface area (Å²) < 4.78 is 13.4. The Balaban J connectivity index is 2.10. The highest BCUT2D eigenvalue weighted by Crippen LogP contribution is 2.34. The van der Waals surface area contributed by atoms with Gasteiger partial charge in [-0.1, -0.05) is 0 Å². The molecular formula is C14H16N2O2. The molecule has 0 radical (unpaired) electrons. The lowest BCUT2D eigenvalue weighted by molar-refractivity contribution is 0.301. The molecule has 4 nitrogen and oxygen atoms in total. The quantitative estimate of drug-likeness (QED) is 0.814. The van der Waals surface area contributed by atoms with Gasteiger partial charge >= 0.3 is 0 Å². The minimum atomic E-state index is 0.658. The number of imidazole rings is 1. The summed E-state index contributed by atoms with van der Waals surface area (Å²) in [6.07, 6.45) is 2.06. The molecule has 0 atom stereocenters. The van der Waals surface area contributed by atoms with Crippen LogP contribution in [-0.4, -0.2) is 22.8 Å². The molecule has 0 unspecified atom stereocenters. The van der Waals surface area contributed by atoms with Gasteiger partial charge in [0.25, 0.3) is 0 Å². The summed E-state index contributed by atoms with van der Waals surface area (Å²) in [5.74, 6) is 2.67. The van der Waals surface area contributed by atoms with Gasteiger partial charge in [0.1, 0.15) is 23.9 Å². The number of aromatic nitrogens is 2. The van der Waals surface area contributed by atoms with E-state index in [1.54, 1.807) is 0 Å². The molecule has 3 rings (SSSR count). The summed E-state index contributed by atoms with van der Waals surface area (Å²) in [5.41, 5.74) is 2.07. The summed E-state index contributed by atoms with van der Waals surface area (Å²) >= 11 is 0. The van der Waals surface area contributed by atoms with Crippen molar-refractivity contribution >= 4 is 0 Å². The number of fused-ring (bicyclic) bond motifs is 3. The molecule has 0 aliphatic carbocycles. The molecule has 94 valence electrons. The summed E-state index contributed by atoms with van der Waals surface area (Å²) in [5, 5.41) is 0. The molecule has 1 aliphatic rings. The maximum atomic E-state index is 5.78. The van der Waals surface area contributed by atoms with E-state index in [1.807, 2.05) is 32.0 Å². The van der Waals surface area contributed by atoms with Gasteiger partial charge in [0.15, 0.2) is 0 Å². The Morgan fingerprint density at radius 3 is 3.17 bits per heavy atom. The van der Waals surface area contributed by atoms with Crippen LogP contribution in [0.25, 0.3) is 11.4 Å². The predicted molar refractivity (Wildman–Crippen MR) is 69.1 cm³/mol. The fourth-order valence-corrected chi connectivity index (χ4v) is 2.25. The van der Waals surface area contributed by atoms with E-state index < -0.39 is 0 Å². The molecule has 1 aromatic carbocycles. The normalized spacial score (nSPS) is 13.2. The van der Waals surface area contributed by atoms with Gasteiger partial charge in [-0.3, -0.25) is 0 Å². The average Bonchev–Trinajstić information content (AvgIpc) is 2.63. The molecule has 0 amide bonds. The van der Waals surface area contributed by atoms with Gasteiger partial charge in [-0.2, -0.15) is 0 Å². The molecular weight excluding hydrogens is 228 g/mol. The van der Waals surface area contributed by atoms with Gasteiger partial charge in [-0.15, -0.1) is 0 Å². The Bertz CT molecular complexity index is 575. The zero-order valence-electron chi connectivity index (χ0n) is 10.6. The smallest absolute Gasteiger partial charge is 0.144 e. The highest BCUT2D eigenvalue weighted by atomic mass is 16.5. The van der Waals surface area contributed by atoms with Crippen molar-refractivity contribution in [2.75, 3.05) is 13.2 Å². The molecule has 1 aromatic heterocycles. The zero-order valence-corrected chi connectivity index (χ0v) is 10.6. The molecule has 4 heteroatoms. The average molecular weight is 244 g/mol. The third kappa shape index (κ3) is 1.83. The Hall–Kier alpha value is -1.97. The van der Waals surface area contributed by atoms with Crippen LogP contribution in [0.3, 0.4) is 0 Å². The third-order valence-corrected chi connectivity index (χ3v) is 2.99. The van der Waals surface area contributed by atoms with Gasteiger partial charge in [0.05, 0.1) is 24.4 Å². The van der Waals surface area contributed by atoms with Crippen molar-refractivity contribution in [3.8, 4) is 22.9 Å². The van der Waals surface area contributed by atoms with Crippen LogP contribution in [0.1, 0.15) is 12.6 Å². The molecule has 1 aliphatic heterocycles. The minimum Gasteiger partial charge on any atom is -0.494 e. The lowest BCUT2D eigenvalue weighted by Crippen LogP contribution is -2.04. The monoisotopic (exact) mass is 244 g/mol. The van der Waals surface area contributed by atoms with Crippen molar-refractivity contribution in [1.29, 1.82) is 0 Å². The minimum absolute atomic E-state index is 0.658. The van der Waals surface area contributed by atoms with Crippen molar-refractivity contribution in [2.45, 2.75) is 20.4 Å². The van der Waals surface area contributed by atoms with E-state index in [0.29, 0.717) is 13.2 Å². The highest BCUT2D eigenvalue weighted by Gasteiger charge is 2.17. The van der Waals surface area contributed by atoms with Crippen LogP contribution < -0.4 is 9.47 Å². The molecule has 2 aromatic rings. The second-order valence-electron chi connectivity index (χ2n) is 4.34. The largest absolute Gasteiger partial charge is 0.494 e. The van der Waals surface area contributed by atoms with E-state index in [-0.39, 0.29) is 0 Å². The molecule has 0 bridgehead atoms. The first-order valence-electron chi connectivity index (χ1n) is 6.21. The van der Waals surface area contributed by atoms with E-state index in [2.05, 4.69) is 15.7 Å². The molecule has 0 saturated heterocycles. The van der Waals surface area contributed by atoms with Crippen molar-refractivity contribution < 1.29 is 9.47 Å². The predicted octanol–water partition coefficient (Wildman–Crippen LogP) is 2.65. The third-order valence-electron chi connectivity index (χ3n) is 2.99. The summed E-state index contributed by atoms with van der Waals surface area (Å²) in [4.78, 5) is 4.57. The van der Waals surface area contributed by atoms with Gasteiger partial charge < -0.3 is 14.0 Å². The van der Waals surface area contributed by atoms with Crippen LogP contribution in [0.15, 0.2) is 24.4 Å². The first kappa shape index (κ1) is 11.1. The van der Waals surface area contributed by atoms with Crippen molar-refractivity contribution in [3.63, 3.8) is 0 Å². The summed E-state index contributed by atoms with van der Waals surface area (Å²) in [6.45, 7) is 6.13. The summed E-state index contributed by atoms with van der Waals surface area (Å²) in [7, 11) is 0. The number of benzene rings is 1. The van der Waals surface area contributed by atoms with Crippen molar-refractivity contribution in [2.24, 2.45) is 0 Å². The van der Waals surface area contributed by atoms with Crippen molar-refractivity contribution in [3.05, 3.63) is 30.1 Å². The number of ether oxygens (including phenoxy) is 2. The fraction of sp³-hybridized carbons (Fsp3) is 0.357. The lowest BCUT2D eigenvalue weighted by Gasteiger charge is -2.09. The first-order valence-corrected chi connectivity index (χ1v) is 6.21. The highest BCUT2D eigenvalue weighted by molar-refractivity contribution is 5.67. The van der Waals surface area contributed by atoms with E-state index in [1.165, 1.54) is 0 Å². The number of nitrogens with zero attached hydrogens (tertiary/aromatic N) is 2. The number of hydrogen-bond acceptors (Lipinski definition) is 3. The van der Waals surface area contributed by atoms with E-state index in [4.69, 9.17) is 9.47 Å². The Morgan fingerprint density at radius 1 is 1.44 bits per heavy atom. The van der Waals surface area contributed by atoms with Crippen LogP contribution in [-0.2, 0) is 6.54 Å².